The van der Waals surface area contributed by atoms with E-state index in [1.165, 1.54) is 23.1 Å². The molecule has 0 fully saturated rings. The van der Waals surface area contributed by atoms with Crippen molar-refractivity contribution < 1.29 is 9.50 Å². The van der Waals surface area contributed by atoms with E-state index in [-0.39, 0.29) is 11.6 Å². The Morgan fingerprint density at radius 1 is 1.24 bits per heavy atom. The summed E-state index contributed by atoms with van der Waals surface area (Å²) >= 11 is 5.04. The lowest BCUT2D eigenvalue weighted by Crippen LogP contribution is -2.11. The van der Waals surface area contributed by atoms with Crippen LogP contribution >= 0.6 is 27.3 Å². The lowest BCUT2D eigenvalue weighted by atomic mass is 10.2. The predicted octanol–water partition coefficient (Wildman–Crippen LogP) is 3.65. The van der Waals surface area contributed by atoms with Crippen molar-refractivity contribution >= 4 is 27.3 Å². The Morgan fingerprint density at radius 2 is 2.06 bits per heavy atom. The van der Waals surface area contributed by atoms with Crippen molar-refractivity contribution in [2.75, 3.05) is 0 Å². The highest BCUT2D eigenvalue weighted by atomic mass is 79.9. The van der Waals surface area contributed by atoms with E-state index in [0.29, 0.717) is 18.7 Å². The summed E-state index contributed by atoms with van der Waals surface area (Å²) < 4.78 is 14.0. The van der Waals surface area contributed by atoms with E-state index in [2.05, 4.69) is 21.2 Å². The summed E-state index contributed by atoms with van der Waals surface area (Å²) in [6.07, 6.45) is 0. The Hall–Kier alpha value is -0.910. The third-order valence-corrected chi connectivity index (χ3v) is 3.91. The number of hydrogen-bond donors (Lipinski definition) is 2. The van der Waals surface area contributed by atoms with Crippen molar-refractivity contribution in [1.29, 1.82) is 0 Å². The van der Waals surface area contributed by atoms with Crippen LogP contribution in [0.3, 0.4) is 0 Å². The first-order valence-corrected chi connectivity index (χ1v) is 6.68. The van der Waals surface area contributed by atoms with Crippen LogP contribution in [0.15, 0.2) is 34.1 Å². The Morgan fingerprint density at radius 3 is 2.76 bits per heavy atom. The molecule has 2 rings (SSSR count). The molecule has 90 valence electrons. The molecule has 2 N–H and O–H groups in total. The molecule has 0 spiro atoms. The Labute approximate surface area is 111 Å². The zero-order valence-corrected chi connectivity index (χ0v) is 11.3. The molecular formula is C12H11BrFNOS. The van der Waals surface area contributed by atoms with Gasteiger partial charge in [0.1, 0.15) is 11.6 Å². The van der Waals surface area contributed by atoms with Gasteiger partial charge in [-0.3, -0.25) is 0 Å². The number of hydrogen-bond acceptors (Lipinski definition) is 3. The molecule has 2 nitrogen and oxygen atoms in total. The van der Waals surface area contributed by atoms with Crippen LogP contribution in [-0.4, -0.2) is 5.11 Å². The summed E-state index contributed by atoms with van der Waals surface area (Å²) in [6.45, 7) is 1.14. The number of phenolic OH excluding ortho intramolecular Hbond substituents is 1. The van der Waals surface area contributed by atoms with Crippen molar-refractivity contribution in [2.45, 2.75) is 13.1 Å². The maximum atomic E-state index is 13.0. The molecule has 0 saturated heterocycles. The molecule has 0 atom stereocenters. The number of nitrogens with one attached hydrogen (secondary N) is 1. The zero-order chi connectivity index (χ0) is 12.3. The highest BCUT2D eigenvalue weighted by Crippen LogP contribution is 2.22. The SMILES string of the molecule is Oc1ccc(F)cc1CNCc1ccc(Br)s1. The standard InChI is InChI=1S/C12H11BrFNOS/c13-12-4-2-10(17-12)7-15-6-8-5-9(14)1-3-11(8)16/h1-5,15-16H,6-7H2. The van der Waals surface area contributed by atoms with Crippen molar-refractivity contribution in [3.05, 3.63) is 50.4 Å². The first-order chi connectivity index (χ1) is 8.15. The topological polar surface area (TPSA) is 32.3 Å². The third kappa shape index (κ3) is 3.52. The number of halogens is 2. The van der Waals surface area contributed by atoms with Crippen LogP contribution < -0.4 is 5.32 Å². The molecule has 1 aromatic carbocycles. The molecule has 2 aromatic rings. The van der Waals surface area contributed by atoms with Gasteiger partial charge in [-0.25, -0.2) is 4.39 Å². The number of phenols is 1. The third-order valence-electron chi connectivity index (χ3n) is 2.29. The van der Waals surface area contributed by atoms with E-state index in [0.717, 1.165) is 3.79 Å². The average molecular weight is 316 g/mol. The molecule has 5 heteroatoms. The van der Waals surface area contributed by atoms with Crippen molar-refractivity contribution in [2.24, 2.45) is 0 Å². The zero-order valence-electron chi connectivity index (χ0n) is 8.91. The van der Waals surface area contributed by atoms with E-state index in [1.54, 1.807) is 11.3 Å². The van der Waals surface area contributed by atoms with Gasteiger partial charge in [-0.2, -0.15) is 0 Å². The van der Waals surface area contributed by atoms with Crippen LogP contribution in [0.5, 0.6) is 5.75 Å². The van der Waals surface area contributed by atoms with Gasteiger partial charge in [0.2, 0.25) is 0 Å². The minimum atomic E-state index is -0.335. The number of aromatic hydroxyl groups is 1. The second-order valence-corrected chi connectivity index (χ2v) is 6.13. The maximum absolute atomic E-state index is 13.0. The van der Waals surface area contributed by atoms with Crippen LogP contribution in [0.1, 0.15) is 10.4 Å². The molecule has 1 heterocycles. The fourth-order valence-corrected chi connectivity index (χ4v) is 2.92. The lowest BCUT2D eigenvalue weighted by molar-refractivity contribution is 0.461. The van der Waals surface area contributed by atoms with Gasteiger partial charge in [0.05, 0.1) is 3.79 Å². The van der Waals surface area contributed by atoms with Gasteiger partial charge >= 0.3 is 0 Å². The Kier molecular flexibility index (Phi) is 4.15. The number of thiophene rings is 1. The number of rotatable bonds is 4. The highest BCUT2D eigenvalue weighted by molar-refractivity contribution is 9.11. The van der Waals surface area contributed by atoms with E-state index < -0.39 is 0 Å². The van der Waals surface area contributed by atoms with Gasteiger partial charge in [-0.1, -0.05) is 0 Å². The summed E-state index contributed by atoms with van der Waals surface area (Å²) in [5.74, 6) is -0.218. The van der Waals surface area contributed by atoms with Gasteiger partial charge in [-0.05, 0) is 46.3 Å². The fourth-order valence-electron chi connectivity index (χ4n) is 1.46. The van der Waals surface area contributed by atoms with Gasteiger partial charge in [0.25, 0.3) is 0 Å². The molecule has 17 heavy (non-hydrogen) atoms. The van der Waals surface area contributed by atoms with Gasteiger partial charge in [0.15, 0.2) is 0 Å². The van der Waals surface area contributed by atoms with E-state index in [1.807, 2.05) is 12.1 Å². The van der Waals surface area contributed by atoms with Crippen LogP contribution in [0.2, 0.25) is 0 Å². The molecule has 0 unspecified atom stereocenters. The van der Waals surface area contributed by atoms with Crippen LogP contribution in [0.4, 0.5) is 4.39 Å². The Bertz CT molecular complexity index is 515. The fraction of sp³-hybridized carbons (Fsp3) is 0.167. The molecule has 0 bridgehead atoms. The predicted molar refractivity (Wildman–Crippen MR) is 70.6 cm³/mol. The molecule has 0 amide bonds. The van der Waals surface area contributed by atoms with E-state index >= 15 is 0 Å². The van der Waals surface area contributed by atoms with Gasteiger partial charge < -0.3 is 10.4 Å². The second-order valence-electron chi connectivity index (χ2n) is 3.58. The maximum Gasteiger partial charge on any atom is 0.123 e. The molecule has 0 aliphatic rings. The van der Waals surface area contributed by atoms with Gasteiger partial charge in [-0.15, -0.1) is 11.3 Å². The smallest absolute Gasteiger partial charge is 0.123 e. The molecule has 0 saturated carbocycles. The molecule has 0 radical (unpaired) electrons. The van der Waals surface area contributed by atoms with Crippen LogP contribution in [0, 0.1) is 5.82 Å². The summed E-state index contributed by atoms with van der Waals surface area (Å²) in [4.78, 5) is 1.19. The Balaban J connectivity index is 1.91. The first-order valence-electron chi connectivity index (χ1n) is 5.07. The quantitative estimate of drug-likeness (QED) is 0.902. The minimum absolute atomic E-state index is 0.117. The molecule has 1 aromatic heterocycles. The molecule has 0 aliphatic carbocycles. The first kappa shape index (κ1) is 12.5. The van der Waals surface area contributed by atoms with Crippen molar-refractivity contribution in [3.8, 4) is 5.75 Å². The largest absolute Gasteiger partial charge is 0.508 e. The number of benzene rings is 1. The van der Waals surface area contributed by atoms with Crippen LogP contribution in [-0.2, 0) is 13.1 Å². The second kappa shape index (κ2) is 5.62. The summed E-state index contributed by atoms with van der Waals surface area (Å²) in [7, 11) is 0. The van der Waals surface area contributed by atoms with Crippen LogP contribution in [0.25, 0.3) is 0 Å². The molecular weight excluding hydrogens is 305 g/mol. The lowest BCUT2D eigenvalue weighted by Gasteiger charge is -2.05. The van der Waals surface area contributed by atoms with E-state index in [4.69, 9.17) is 0 Å². The van der Waals surface area contributed by atoms with E-state index in [9.17, 15) is 9.50 Å². The van der Waals surface area contributed by atoms with Gasteiger partial charge in [0, 0.05) is 23.5 Å². The highest BCUT2D eigenvalue weighted by Gasteiger charge is 2.03. The summed E-state index contributed by atoms with van der Waals surface area (Å²) in [5.41, 5.74) is 0.570. The summed E-state index contributed by atoms with van der Waals surface area (Å²) in [6, 6.07) is 7.96. The normalized spacial score (nSPS) is 10.7. The molecule has 0 aliphatic heterocycles. The summed E-state index contributed by atoms with van der Waals surface area (Å²) in [5, 5.41) is 12.7. The monoisotopic (exact) mass is 315 g/mol. The average Bonchev–Trinajstić information content (AvgIpc) is 2.69. The minimum Gasteiger partial charge on any atom is -0.508 e. The van der Waals surface area contributed by atoms with Crippen molar-refractivity contribution in [3.63, 3.8) is 0 Å². The van der Waals surface area contributed by atoms with Crippen molar-refractivity contribution in [1.82, 2.24) is 5.32 Å².